The van der Waals surface area contributed by atoms with Crippen LogP contribution in [-0.2, 0) is 11.2 Å². The van der Waals surface area contributed by atoms with Crippen molar-refractivity contribution in [2.45, 2.75) is 12.8 Å². The third-order valence-corrected chi connectivity index (χ3v) is 2.79. The summed E-state index contributed by atoms with van der Waals surface area (Å²) in [5.41, 5.74) is 1.05. The summed E-state index contributed by atoms with van der Waals surface area (Å²) in [6.45, 7) is 0.733. The van der Waals surface area contributed by atoms with E-state index in [1.165, 1.54) is 12.1 Å². The summed E-state index contributed by atoms with van der Waals surface area (Å²) < 4.78 is 0. The highest BCUT2D eigenvalue weighted by molar-refractivity contribution is 5.80. The second-order valence-electron chi connectivity index (χ2n) is 3.90. The highest BCUT2D eigenvalue weighted by Crippen LogP contribution is 2.18. The van der Waals surface area contributed by atoms with Gasteiger partial charge in [0.15, 0.2) is 0 Å². The van der Waals surface area contributed by atoms with Gasteiger partial charge in [0.1, 0.15) is 0 Å². The highest BCUT2D eigenvalue weighted by atomic mass is 16.6. The molecule has 1 fully saturated rings. The lowest BCUT2D eigenvalue weighted by Crippen LogP contribution is -2.20. The molecule has 1 unspecified atom stereocenters. The average molecular weight is 220 g/mol. The number of hydrogen-bond donors (Lipinski definition) is 1. The zero-order valence-electron chi connectivity index (χ0n) is 8.68. The van der Waals surface area contributed by atoms with E-state index in [1.54, 1.807) is 12.1 Å². The lowest BCUT2D eigenvalue weighted by Gasteiger charge is -2.05. The molecule has 16 heavy (non-hydrogen) atoms. The summed E-state index contributed by atoms with van der Waals surface area (Å²) in [6, 6.07) is 6.37. The summed E-state index contributed by atoms with van der Waals surface area (Å²) in [6.07, 6.45) is 1.50. The summed E-state index contributed by atoms with van der Waals surface area (Å²) in [5, 5.41) is 13.2. The van der Waals surface area contributed by atoms with E-state index in [2.05, 4.69) is 5.32 Å². The monoisotopic (exact) mass is 220 g/mol. The molecule has 84 valence electrons. The van der Waals surface area contributed by atoms with E-state index in [4.69, 9.17) is 0 Å². The van der Waals surface area contributed by atoms with Gasteiger partial charge in [-0.1, -0.05) is 12.1 Å². The first-order valence-electron chi connectivity index (χ1n) is 5.18. The van der Waals surface area contributed by atoms with Crippen molar-refractivity contribution in [1.29, 1.82) is 0 Å². The summed E-state index contributed by atoms with van der Waals surface area (Å²) >= 11 is 0. The van der Waals surface area contributed by atoms with Gasteiger partial charge in [-0.25, -0.2) is 0 Å². The van der Waals surface area contributed by atoms with Crippen molar-refractivity contribution in [2.24, 2.45) is 5.92 Å². The van der Waals surface area contributed by atoms with Crippen molar-refractivity contribution in [2.75, 3.05) is 6.54 Å². The van der Waals surface area contributed by atoms with E-state index in [9.17, 15) is 14.9 Å². The Hall–Kier alpha value is -1.91. The standard InChI is InChI=1S/C11H12N2O3/c14-11-9(5-6-12-11)7-8-1-3-10(4-2-8)13(15)16/h1-4,9H,5-7H2,(H,12,14). The van der Waals surface area contributed by atoms with E-state index in [1.807, 2.05) is 0 Å². The number of benzene rings is 1. The van der Waals surface area contributed by atoms with Gasteiger partial charge in [-0.15, -0.1) is 0 Å². The Bertz CT molecular complexity index is 414. The Morgan fingerprint density at radius 1 is 1.38 bits per heavy atom. The minimum Gasteiger partial charge on any atom is -0.356 e. The first kappa shape index (κ1) is 10.6. The SMILES string of the molecule is O=C1NCCC1Cc1ccc([N+](=O)[O-])cc1. The molecular formula is C11H12N2O3. The van der Waals surface area contributed by atoms with Crippen LogP contribution in [0.1, 0.15) is 12.0 Å². The van der Waals surface area contributed by atoms with Crippen LogP contribution < -0.4 is 5.32 Å². The zero-order chi connectivity index (χ0) is 11.5. The van der Waals surface area contributed by atoms with E-state index in [-0.39, 0.29) is 17.5 Å². The smallest absolute Gasteiger partial charge is 0.269 e. The molecule has 0 bridgehead atoms. The van der Waals surface area contributed by atoms with Gasteiger partial charge in [0, 0.05) is 24.6 Å². The molecule has 1 atom stereocenters. The molecule has 0 aliphatic carbocycles. The van der Waals surface area contributed by atoms with Crippen molar-refractivity contribution < 1.29 is 9.72 Å². The minimum absolute atomic E-state index is 0.0152. The molecule has 0 spiro atoms. The molecular weight excluding hydrogens is 208 g/mol. The number of carbonyl (C=O) groups is 1. The van der Waals surface area contributed by atoms with E-state index < -0.39 is 4.92 Å². The second kappa shape index (κ2) is 4.30. The number of rotatable bonds is 3. The molecule has 2 rings (SSSR count). The lowest BCUT2D eigenvalue weighted by molar-refractivity contribution is -0.384. The van der Waals surface area contributed by atoms with Gasteiger partial charge >= 0.3 is 0 Å². The zero-order valence-corrected chi connectivity index (χ0v) is 8.68. The predicted octanol–water partition coefficient (Wildman–Crippen LogP) is 1.27. The van der Waals surface area contributed by atoms with Crippen LogP contribution in [0.15, 0.2) is 24.3 Å². The van der Waals surface area contributed by atoms with Crippen LogP contribution in [0, 0.1) is 16.0 Å². The number of nitro groups is 1. The molecule has 1 amide bonds. The van der Waals surface area contributed by atoms with E-state index in [0.29, 0.717) is 6.42 Å². The quantitative estimate of drug-likeness (QED) is 0.616. The van der Waals surface area contributed by atoms with Crippen LogP contribution in [-0.4, -0.2) is 17.4 Å². The number of nitro benzene ring substituents is 1. The van der Waals surface area contributed by atoms with Crippen LogP contribution >= 0.6 is 0 Å². The maximum atomic E-state index is 11.3. The Balaban J connectivity index is 2.05. The molecule has 1 N–H and O–H groups in total. The Morgan fingerprint density at radius 3 is 2.56 bits per heavy atom. The van der Waals surface area contributed by atoms with Crippen molar-refractivity contribution in [1.82, 2.24) is 5.32 Å². The molecule has 5 heteroatoms. The third-order valence-electron chi connectivity index (χ3n) is 2.79. The number of non-ortho nitro benzene ring substituents is 1. The van der Waals surface area contributed by atoms with Crippen LogP contribution in [0.2, 0.25) is 0 Å². The van der Waals surface area contributed by atoms with E-state index in [0.717, 1.165) is 18.5 Å². The second-order valence-corrected chi connectivity index (χ2v) is 3.90. The van der Waals surface area contributed by atoms with Gasteiger partial charge in [-0.3, -0.25) is 14.9 Å². The van der Waals surface area contributed by atoms with Gasteiger partial charge in [-0.2, -0.15) is 0 Å². The maximum absolute atomic E-state index is 11.3. The number of carbonyl (C=O) groups excluding carboxylic acids is 1. The van der Waals surface area contributed by atoms with Crippen molar-refractivity contribution in [3.8, 4) is 0 Å². The topological polar surface area (TPSA) is 72.2 Å². The highest BCUT2D eigenvalue weighted by Gasteiger charge is 2.24. The van der Waals surface area contributed by atoms with Gasteiger partial charge in [-0.05, 0) is 18.4 Å². The maximum Gasteiger partial charge on any atom is 0.269 e. The average Bonchev–Trinajstić information content (AvgIpc) is 2.65. The number of nitrogens with one attached hydrogen (secondary N) is 1. The molecule has 1 heterocycles. The first-order chi connectivity index (χ1) is 7.66. The fourth-order valence-electron chi connectivity index (χ4n) is 1.88. The first-order valence-corrected chi connectivity index (χ1v) is 5.18. The van der Waals surface area contributed by atoms with Crippen LogP contribution in [0.3, 0.4) is 0 Å². The fourth-order valence-corrected chi connectivity index (χ4v) is 1.88. The molecule has 1 aromatic carbocycles. The van der Waals surface area contributed by atoms with E-state index >= 15 is 0 Å². The molecule has 0 saturated carbocycles. The molecule has 1 aliphatic rings. The minimum atomic E-state index is -0.425. The Labute approximate surface area is 92.6 Å². The lowest BCUT2D eigenvalue weighted by atomic mass is 9.98. The number of amides is 1. The molecule has 1 aliphatic heterocycles. The van der Waals surface area contributed by atoms with Crippen molar-refractivity contribution >= 4 is 11.6 Å². The normalized spacial score (nSPS) is 19.5. The van der Waals surface area contributed by atoms with Crippen LogP contribution in [0.5, 0.6) is 0 Å². The predicted molar refractivity (Wildman–Crippen MR) is 57.9 cm³/mol. The summed E-state index contributed by atoms with van der Waals surface area (Å²) in [4.78, 5) is 21.4. The van der Waals surface area contributed by atoms with Crippen LogP contribution in [0.4, 0.5) is 5.69 Å². The largest absolute Gasteiger partial charge is 0.356 e. The summed E-state index contributed by atoms with van der Waals surface area (Å²) in [7, 11) is 0. The van der Waals surface area contributed by atoms with Crippen molar-refractivity contribution in [3.05, 3.63) is 39.9 Å². The molecule has 0 aromatic heterocycles. The van der Waals surface area contributed by atoms with Gasteiger partial charge in [0.2, 0.25) is 5.91 Å². The summed E-state index contributed by atoms with van der Waals surface area (Å²) in [5.74, 6) is 0.0970. The number of nitrogens with zero attached hydrogens (tertiary/aromatic N) is 1. The molecule has 1 saturated heterocycles. The van der Waals surface area contributed by atoms with Gasteiger partial charge in [0.05, 0.1) is 4.92 Å². The number of hydrogen-bond acceptors (Lipinski definition) is 3. The van der Waals surface area contributed by atoms with Crippen molar-refractivity contribution in [3.63, 3.8) is 0 Å². The van der Waals surface area contributed by atoms with Gasteiger partial charge in [0.25, 0.3) is 5.69 Å². The van der Waals surface area contributed by atoms with Crippen LogP contribution in [0.25, 0.3) is 0 Å². The third kappa shape index (κ3) is 2.18. The fraction of sp³-hybridized carbons (Fsp3) is 0.364. The Kier molecular flexibility index (Phi) is 2.85. The molecule has 1 aromatic rings. The molecule has 5 nitrogen and oxygen atoms in total. The molecule has 0 radical (unpaired) electrons. The van der Waals surface area contributed by atoms with Gasteiger partial charge < -0.3 is 5.32 Å². The Morgan fingerprint density at radius 2 is 2.06 bits per heavy atom.